The van der Waals surface area contributed by atoms with E-state index in [-0.39, 0.29) is 6.10 Å². The van der Waals surface area contributed by atoms with Gasteiger partial charge in [0.15, 0.2) is 0 Å². The van der Waals surface area contributed by atoms with Crippen molar-refractivity contribution in [2.24, 2.45) is 0 Å². The molecule has 0 saturated carbocycles. The number of fused-ring (bicyclic) bond motifs is 1. The van der Waals surface area contributed by atoms with Crippen LogP contribution in [0.4, 0.5) is 0 Å². The van der Waals surface area contributed by atoms with Crippen LogP contribution in [0.25, 0.3) is 10.8 Å². The second kappa shape index (κ2) is 8.06. The van der Waals surface area contributed by atoms with Gasteiger partial charge in [-0.25, -0.2) is 0 Å². The number of rotatable bonds is 7. The molecule has 0 heterocycles. The van der Waals surface area contributed by atoms with Crippen LogP contribution in [0.3, 0.4) is 0 Å². The first-order chi connectivity index (χ1) is 10.6. The summed E-state index contributed by atoms with van der Waals surface area (Å²) in [5.41, 5.74) is 0. The fourth-order valence-corrected chi connectivity index (χ4v) is 2.61. The Labute approximate surface area is 138 Å². The zero-order chi connectivity index (χ0) is 15.9. The monoisotopic (exact) mass is 313 g/mol. The first-order valence-electron chi connectivity index (χ1n) is 7.42. The van der Waals surface area contributed by atoms with E-state index in [1.807, 2.05) is 30.3 Å². The van der Waals surface area contributed by atoms with Crippen molar-refractivity contribution >= 4 is 23.4 Å². The van der Waals surface area contributed by atoms with Gasteiger partial charge in [0.1, 0.15) is 11.9 Å². The number of hydrogen-bond donors (Lipinski definition) is 1. The Balaban J connectivity index is 2.28. The lowest BCUT2D eigenvalue weighted by Gasteiger charge is -2.22. The van der Waals surface area contributed by atoms with Gasteiger partial charge in [-0.05, 0) is 31.6 Å². The normalized spacial score (nSPS) is 13.4. The van der Waals surface area contributed by atoms with E-state index in [0.29, 0.717) is 0 Å². The van der Waals surface area contributed by atoms with Crippen LogP contribution in [-0.4, -0.2) is 31.6 Å². The minimum atomic E-state index is -0.0745. The minimum absolute atomic E-state index is 0.0745. The van der Waals surface area contributed by atoms with Crippen molar-refractivity contribution in [3.63, 3.8) is 0 Å². The van der Waals surface area contributed by atoms with Crippen molar-refractivity contribution in [2.75, 3.05) is 20.6 Å². The minimum Gasteiger partial charge on any atom is -0.485 e. The van der Waals surface area contributed by atoms with Gasteiger partial charge in [0.05, 0.1) is 0 Å². The molecule has 0 N–H and O–H groups in total. The van der Waals surface area contributed by atoms with Crippen LogP contribution in [0.2, 0.25) is 0 Å². The van der Waals surface area contributed by atoms with Crippen LogP contribution >= 0.6 is 12.6 Å². The molecule has 0 aliphatic heterocycles. The maximum Gasteiger partial charge on any atom is 0.130 e. The molecule has 1 atom stereocenters. The molecular formula is C19H23NOS. The van der Waals surface area contributed by atoms with Gasteiger partial charge in [0, 0.05) is 23.3 Å². The van der Waals surface area contributed by atoms with E-state index in [2.05, 4.69) is 56.4 Å². The molecule has 116 valence electrons. The van der Waals surface area contributed by atoms with Crippen LogP contribution < -0.4 is 4.74 Å². The number of thiol groups is 1. The molecular weight excluding hydrogens is 290 g/mol. The van der Waals surface area contributed by atoms with Crippen molar-refractivity contribution in [1.29, 1.82) is 0 Å². The molecule has 0 aromatic heterocycles. The second-order valence-corrected chi connectivity index (χ2v) is 6.02. The molecule has 0 saturated heterocycles. The van der Waals surface area contributed by atoms with E-state index in [4.69, 9.17) is 4.74 Å². The van der Waals surface area contributed by atoms with Gasteiger partial charge >= 0.3 is 0 Å². The lowest BCUT2D eigenvalue weighted by atomic mass is 10.1. The summed E-state index contributed by atoms with van der Waals surface area (Å²) in [5.74, 6) is 0.894. The quantitative estimate of drug-likeness (QED) is 0.595. The largest absolute Gasteiger partial charge is 0.485 e. The first kappa shape index (κ1) is 16.7. The second-order valence-electron chi connectivity index (χ2n) is 5.50. The molecule has 22 heavy (non-hydrogen) atoms. The summed E-state index contributed by atoms with van der Waals surface area (Å²) in [6.07, 6.45) is 4.44. The van der Waals surface area contributed by atoms with Gasteiger partial charge in [-0.2, -0.15) is 0 Å². The smallest absolute Gasteiger partial charge is 0.130 e. The number of allylic oxidation sites excluding steroid dienone is 2. The summed E-state index contributed by atoms with van der Waals surface area (Å²) in [5, 5.41) is 2.30. The third kappa shape index (κ3) is 4.39. The Hall–Kier alpha value is -1.71. The Morgan fingerprint density at radius 3 is 2.68 bits per heavy atom. The summed E-state index contributed by atoms with van der Waals surface area (Å²) < 4.78 is 6.27. The molecule has 2 rings (SSSR count). The van der Waals surface area contributed by atoms with E-state index in [0.717, 1.165) is 29.0 Å². The predicted octanol–water partition coefficient (Wildman–Crippen LogP) is 4.54. The van der Waals surface area contributed by atoms with Crippen LogP contribution in [0.1, 0.15) is 6.42 Å². The molecule has 2 nitrogen and oxygen atoms in total. The highest BCUT2D eigenvalue weighted by Crippen LogP contribution is 2.28. The molecule has 0 spiro atoms. The number of ether oxygens (including phenoxy) is 1. The van der Waals surface area contributed by atoms with E-state index in [9.17, 15) is 0 Å². The van der Waals surface area contributed by atoms with Crippen molar-refractivity contribution in [2.45, 2.75) is 12.5 Å². The average molecular weight is 313 g/mol. The van der Waals surface area contributed by atoms with Crippen LogP contribution in [-0.2, 0) is 0 Å². The highest BCUT2D eigenvalue weighted by molar-refractivity contribution is 7.84. The molecule has 3 heteroatoms. The number of hydrogen-bond acceptors (Lipinski definition) is 3. The molecule has 2 aromatic carbocycles. The molecule has 2 aromatic rings. The van der Waals surface area contributed by atoms with Crippen LogP contribution in [0, 0.1) is 0 Å². The summed E-state index contributed by atoms with van der Waals surface area (Å²) in [7, 11) is 4.12. The molecule has 0 bridgehead atoms. The maximum atomic E-state index is 6.27. The lowest BCUT2D eigenvalue weighted by molar-refractivity contribution is 0.218. The molecule has 0 aliphatic carbocycles. The molecule has 0 amide bonds. The average Bonchev–Trinajstić information content (AvgIpc) is 2.51. The van der Waals surface area contributed by atoms with E-state index in [1.54, 1.807) is 6.08 Å². The van der Waals surface area contributed by atoms with Crippen molar-refractivity contribution < 1.29 is 4.74 Å². The fraction of sp³-hybridized carbons (Fsp3) is 0.263. The van der Waals surface area contributed by atoms with Gasteiger partial charge in [-0.15, -0.1) is 12.6 Å². The predicted molar refractivity (Wildman–Crippen MR) is 98.8 cm³/mol. The van der Waals surface area contributed by atoms with E-state index < -0.39 is 0 Å². The third-order valence-electron chi connectivity index (χ3n) is 3.48. The molecule has 0 fully saturated rings. The van der Waals surface area contributed by atoms with Gasteiger partial charge < -0.3 is 9.64 Å². The van der Waals surface area contributed by atoms with Crippen molar-refractivity contribution in [3.05, 3.63) is 66.1 Å². The highest BCUT2D eigenvalue weighted by atomic mass is 32.1. The van der Waals surface area contributed by atoms with Crippen molar-refractivity contribution in [3.8, 4) is 5.75 Å². The first-order valence-corrected chi connectivity index (χ1v) is 7.87. The topological polar surface area (TPSA) is 12.5 Å². The van der Waals surface area contributed by atoms with Crippen LogP contribution in [0.15, 0.2) is 66.1 Å². The zero-order valence-electron chi connectivity index (χ0n) is 13.2. The molecule has 0 radical (unpaired) electrons. The summed E-state index contributed by atoms with van der Waals surface area (Å²) >= 11 is 4.58. The lowest BCUT2D eigenvalue weighted by Crippen LogP contribution is -2.24. The Morgan fingerprint density at radius 1 is 1.23 bits per heavy atom. The van der Waals surface area contributed by atoms with Gasteiger partial charge in [-0.1, -0.05) is 49.1 Å². The Bertz CT molecular complexity index is 658. The van der Waals surface area contributed by atoms with E-state index in [1.165, 1.54) is 5.39 Å². The zero-order valence-corrected chi connectivity index (χ0v) is 14.1. The van der Waals surface area contributed by atoms with Crippen molar-refractivity contribution in [1.82, 2.24) is 4.90 Å². The maximum absolute atomic E-state index is 6.27. The number of benzene rings is 2. The third-order valence-corrected chi connectivity index (χ3v) is 3.91. The Kier molecular flexibility index (Phi) is 6.10. The molecule has 0 aliphatic rings. The standard InChI is InChI=1S/C19H23NOS/c1-4-8-19(22)18(13-14-20(2)3)21-17-12-7-10-15-9-5-6-11-16(15)17/h4-12,18,22H,1,13-14H2,2-3H3/b19-8-. The fourth-order valence-electron chi connectivity index (χ4n) is 2.32. The number of nitrogens with zero attached hydrogens (tertiary/aromatic N) is 1. The summed E-state index contributed by atoms with van der Waals surface area (Å²) in [6.45, 7) is 4.68. The van der Waals surface area contributed by atoms with Gasteiger partial charge in [-0.3, -0.25) is 0 Å². The SMILES string of the molecule is C=C/C=C(\S)C(CCN(C)C)Oc1cccc2ccccc12. The van der Waals surface area contributed by atoms with E-state index >= 15 is 0 Å². The molecule has 1 unspecified atom stereocenters. The summed E-state index contributed by atoms with van der Waals surface area (Å²) in [6, 6.07) is 14.4. The highest BCUT2D eigenvalue weighted by Gasteiger charge is 2.15. The van der Waals surface area contributed by atoms with Gasteiger partial charge in [0.2, 0.25) is 0 Å². The Morgan fingerprint density at radius 2 is 1.95 bits per heavy atom. The summed E-state index contributed by atoms with van der Waals surface area (Å²) in [4.78, 5) is 3.04. The van der Waals surface area contributed by atoms with Crippen LogP contribution in [0.5, 0.6) is 5.75 Å². The van der Waals surface area contributed by atoms with Gasteiger partial charge in [0.25, 0.3) is 0 Å².